The first-order chi connectivity index (χ1) is 11.2. The molecule has 0 unspecified atom stereocenters. The van der Waals surface area contributed by atoms with E-state index in [0.717, 1.165) is 5.56 Å². The Balaban J connectivity index is 2.13. The van der Waals surface area contributed by atoms with E-state index in [1.165, 1.54) is 0 Å². The van der Waals surface area contributed by atoms with Gasteiger partial charge in [-0.25, -0.2) is 9.48 Å². The van der Waals surface area contributed by atoms with Crippen molar-refractivity contribution in [3.05, 3.63) is 65.6 Å². The molecule has 23 heavy (non-hydrogen) atoms. The zero-order valence-electron chi connectivity index (χ0n) is 12.4. The Kier molecular flexibility index (Phi) is 4.39. The highest BCUT2D eigenvalue weighted by Gasteiger charge is 2.18. The fraction of sp³-hybridized carbons (Fsp3) is 0.118. The summed E-state index contributed by atoms with van der Waals surface area (Å²) < 4.78 is 6.67. The number of rotatable bonds is 4. The third-order valence-electron chi connectivity index (χ3n) is 3.22. The van der Waals surface area contributed by atoms with Crippen LogP contribution in [0.15, 0.2) is 54.9 Å². The number of esters is 1. The minimum atomic E-state index is -0.430. The van der Waals surface area contributed by atoms with E-state index in [0.29, 0.717) is 28.7 Å². The molecule has 0 aliphatic rings. The van der Waals surface area contributed by atoms with Crippen molar-refractivity contribution in [2.75, 3.05) is 6.61 Å². The Labute approximate surface area is 138 Å². The Bertz CT molecular complexity index is 831. The minimum Gasteiger partial charge on any atom is -0.461 e. The number of halogens is 1. The number of nitrogens with zero attached hydrogens (tertiary/aromatic N) is 3. The van der Waals surface area contributed by atoms with E-state index < -0.39 is 5.97 Å². The number of carbonyl (C=O) groups excluding carboxylic acids is 1. The van der Waals surface area contributed by atoms with E-state index in [4.69, 9.17) is 16.3 Å². The van der Waals surface area contributed by atoms with Gasteiger partial charge in [0.15, 0.2) is 5.69 Å². The number of aromatic nitrogens is 3. The van der Waals surface area contributed by atoms with E-state index in [-0.39, 0.29) is 0 Å². The maximum Gasteiger partial charge on any atom is 0.357 e. The fourth-order valence-electron chi connectivity index (χ4n) is 2.20. The van der Waals surface area contributed by atoms with Crippen molar-refractivity contribution in [2.45, 2.75) is 6.92 Å². The van der Waals surface area contributed by atoms with Crippen LogP contribution < -0.4 is 0 Å². The molecule has 0 atom stereocenters. The summed E-state index contributed by atoms with van der Waals surface area (Å²) in [7, 11) is 0. The van der Waals surface area contributed by atoms with Crippen LogP contribution in [-0.2, 0) is 4.74 Å². The van der Waals surface area contributed by atoms with Crippen molar-refractivity contribution < 1.29 is 9.53 Å². The molecule has 0 radical (unpaired) electrons. The van der Waals surface area contributed by atoms with Crippen LogP contribution in [0.25, 0.3) is 16.9 Å². The largest absolute Gasteiger partial charge is 0.461 e. The lowest BCUT2D eigenvalue weighted by atomic mass is 10.2. The van der Waals surface area contributed by atoms with E-state index in [1.54, 1.807) is 48.3 Å². The van der Waals surface area contributed by atoms with Gasteiger partial charge in [0.2, 0.25) is 0 Å². The second kappa shape index (κ2) is 6.62. The van der Waals surface area contributed by atoms with Gasteiger partial charge in [0.05, 0.1) is 18.0 Å². The Morgan fingerprint density at radius 2 is 2.00 bits per heavy atom. The average Bonchev–Trinajstić information content (AvgIpc) is 3.01. The van der Waals surface area contributed by atoms with Crippen molar-refractivity contribution in [1.29, 1.82) is 0 Å². The molecule has 3 rings (SSSR count). The highest BCUT2D eigenvalue weighted by Crippen LogP contribution is 2.23. The summed E-state index contributed by atoms with van der Waals surface area (Å²) >= 11 is 6.05. The lowest BCUT2D eigenvalue weighted by Gasteiger charge is -2.07. The molecule has 2 heterocycles. The van der Waals surface area contributed by atoms with E-state index in [2.05, 4.69) is 10.1 Å². The molecule has 0 amide bonds. The van der Waals surface area contributed by atoms with Crippen molar-refractivity contribution in [2.24, 2.45) is 0 Å². The van der Waals surface area contributed by atoms with Crippen LogP contribution in [0, 0.1) is 0 Å². The van der Waals surface area contributed by atoms with Gasteiger partial charge in [-0.3, -0.25) is 4.98 Å². The van der Waals surface area contributed by atoms with Crippen LogP contribution in [0.4, 0.5) is 0 Å². The smallest absolute Gasteiger partial charge is 0.357 e. The van der Waals surface area contributed by atoms with Gasteiger partial charge >= 0.3 is 5.97 Å². The summed E-state index contributed by atoms with van der Waals surface area (Å²) in [5.41, 5.74) is 2.57. The Hall–Kier alpha value is -2.66. The van der Waals surface area contributed by atoms with Crippen LogP contribution in [-0.4, -0.2) is 27.3 Å². The summed E-state index contributed by atoms with van der Waals surface area (Å²) in [6.07, 6.45) is 3.36. The van der Waals surface area contributed by atoms with Crippen molar-refractivity contribution in [1.82, 2.24) is 14.8 Å². The van der Waals surface area contributed by atoms with Gasteiger partial charge in [0.25, 0.3) is 0 Å². The molecular weight excluding hydrogens is 314 g/mol. The van der Waals surface area contributed by atoms with Crippen LogP contribution >= 0.6 is 11.6 Å². The van der Waals surface area contributed by atoms with Gasteiger partial charge in [-0.2, -0.15) is 5.10 Å². The van der Waals surface area contributed by atoms with E-state index in [9.17, 15) is 4.79 Å². The van der Waals surface area contributed by atoms with Crippen molar-refractivity contribution >= 4 is 17.6 Å². The first-order valence-electron chi connectivity index (χ1n) is 7.12. The number of hydrogen-bond acceptors (Lipinski definition) is 4. The number of pyridine rings is 1. The Morgan fingerprint density at radius 3 is 2.70 bits per heavy atom. The third kappa shape index (κ3) is 3.24. The standard InChI is InChI=1S/C17H14ClN3O2/c1-2-23-17(22)16-11-15(12-6-8-19-9-7-12)20-21(16)14-5-3-4-13(18)10-14/h3-11H,2H2,1H3. The maximum absolute atomic E-state index is 12.2. The molecular formula is C17H14ClN3O2. The molecule has 1 aromatic carbocycles. The summed E-state index contributed by atoms with van der Waals surface area (Å²) in [6.45, 7) is 2.06. The van der Waals surface area contributed by atoms with Crippen molar-refractivity contribution in [3.63, 3.8) is 0 Å². The normalized spacial score (nSPS) is 10.5. The number of hydrogen-bond donors (Lipinski definition) is 0. The molecule has 0 bridgehead atoms. The number of benzene rings is 1. The number of carbonyl (C=O) groups is 1. The molecule has 0 spiro atoms. The highest BCUT2D eigenvalue weighted by molar-refractivity contribution is 6.30. The number of ether oxygens (including phenoxy) is 1. The summed E-state index contributed by atoms with van der Waals surface area (Å²) in [5.74, 6) is -0.430. The predicted octanol–water partition coefficient (Wildman–Crippen LogP) is 3.76. The van der Waals surface area contributed by atoms with Crippen LogP contribution in [0.5, 0.6) is 0 Å². The molecule has 3 aromatic rings. The molecule has 0 saturated heterocycles. The molecule has 0 N–H and O–H groups in total. The molecule has 0 aliphatic carbocycles. The molecule has 2 aromatic heterocycles. The van der Waals surface area contributed by atoms with Gasteiger partial charge in [-0.1, -0.05) is 17.7 Å². The van der Waals surface area contributed by atoms with Gasteiger partial charge in [0, 0.05) is 23.0 Å². The molecule has 0 fully saturated rings. The van der Waals surface area contributed by atoms with Crippen LogP contribution in [0.2, 0.25) is 5.02 Å². The fourth-order valence-corrected chi connectivity index (χ4v) is 2.38. The van der Waals surface area contributed by atoms with Gasteiger partial charge in [-0.05, 0) is 43.3 Å². The minimum absolute atomic E-state index is 0.296. The van der Waals surface area contributed by atoms with Crippen LogP contribution in [0.1, 0.15) is 17.4 Å². The van der Waals surface area contributed by atoms with Gasteiger partial charge in [-0.15, -0.1) is 0 Å². The SMILES string of the molecule is CCOC(=O)c1cc(-c2ccncc2)nn1-c1cccc(Cl)c1. The van der Waals surface area contributed by atoms with Crippen molar-refractivity contribution in [3.8, 4) is 16.9 Å². The predicted molar refractivity (Wildman–Crippen MR) is 87.8 cm³/mol. The molecule has 6 heteroatoms. The highest BCUT2D eigenvalue weighted by atomic mass is 35.5. The molecule has 0 saturated carbocycles. The van der Waals surface area contributed by atoms with E-state index >= 15 is 0 Å². The zero-order valence-corrected chi connectivity index (χ0v) is 13.2. The lowest BCUT2D eigenvalue weighted by Crippen LogP contribution is -2.11. The maximum atomic E-state index is 12.2. The van der Waals surface area contributed by atoms with Crippen LogP contribution in [0.3, 0.4) is 0 Å². The summed E-state index contributed by atoms with van der Waals surface area (Å²) in [5, 5.41) is 5.09. The molecule has 0 aliphatic heterocycles. The Morgan fingerprint density at radius 1 is 1.22 bits per heavy atom. The van der Waals surface area contributed by atoms with Gasteiger partial charge in [0.1, 0.15) is 0 Å². The zero-order chi connectivity index (χ0) is 16.2. The molecule has 5 nitrogen and oxygen atoms in total. The average molecular weight is 328 g/mol. The second-order valence-electron chi connectivity index (χ2n) is 4.76. The second-order valence-corrected chi connectivity index (χ2v) is 5.20. The van der Waals surface area contributed by atoms with E-state index in [1.807, 2.05) is 18.2 Å². The summed E-state index contributed by atoms with van der Waals surface area (Å²) in [6, 6.07) is 12.5. The molecule has 116 valence electrons. The first kappa shape index (κ1) is 15.2. The van der Waals surface area contributed by atoms with Gasteiger partial charge < -0.3 is 4.74 Å². The quantitative estimate of drug-likeness (QED) is 0.684. The lowest BCUT2D eigenvalue weighted by molar-refractivity contribution is 0.0515. The third-order valence-corrected chi connectivity index (χ3v) is 3.46. The summed E-state index contributed by atoms with van der Waals surface area (Å²) in [4.78, 5) is 16.2. The first-order valence-corrected chi connectivity index (χ1v) is 7.50. The topological polar surface area (TPSA) is 57.0 Å². The monoisotopic (exact) mass is 327 g/mol.